The highest BCUT2D eigenvalue weighted by Gasteiger charge is 2.04. The summed E-state index contributed by atoms with van der Waals surface area (Å²) in [6, 6.07) is 8.92. The molecule has 0 saturated heterocycles. The van der Waals surface area contributed by atoms with E-state index in [4.69, 9.17) is 0 Å². The Labute approximate surface area is 88.4 Å². The van der Waals surface area contributed by atoms with Gasteiger partial charge in [0.2, 0.25) is 0 Å². The van der Waals surface area contributed by atoms with Crippen molar-refractivity contribution in [3.05, 3.63) is 35.4 Å². The fraction of sp³-hybridized carbons (Fsp3) is 0.571. The van der Waals surface area contributed by atoms with Crippen molar-refractivity contribution < 1.29 is 0 Å². The topological polar surface area (TPSA) is 0 Å². The molecule has 0 N–H and O–H groups in total. The number of benzene rings is 1. The SMILES string of the molecule is CC.c1ccc2c(c1)CCCCCC2. The van der Waals surface area contributed by atoms with E-state index < -0.39 is 0 Å². The second-order valence-electron chi connectivity index (χ2n) is 3.68. The van der Waals surface area contributed by atoms with E-state index in [0.717, 1.165) is 0 Å². The van der Waals surface area contributed by atoms with Crippen molar-refractivity contribution in [3.63, 3.8) is 0 Å². The number of fused-ring (bicyclic) bond motifs is 1. The Kier molecular flexibility index (Phi) is 5.36. The minimum atomic E-state index is 1.30. The van der Waals surface area contributed by atoms with E-state index in [9.17, 15) is 0 Å². The monoisotopic (exact) mass is 190 g/mol. The molecular weight excluding hydrogens is 168 g/mol. The Balaban J connectivity index is 0.000000461. The third-order valence-corrected chi connectivity index (χ3v) is 2.76. The molecule has 1 aromatic rings. The summed E-state index contributed by atoms with van der Waals surface area (Å²) in [5.41, 5.74) is 3.19. The molecule has 0 heteroatoms. The van der Waals surface area contributed by atoms with Gasteiger partial charge in [-0.25, -0.2) is 0 Å². The molecule has 78 valence electrons. The maximum atomic E-state index is 2.29. The van der Waals surface area contributed by atoms with E-state index in [2.05, 4.69) is 24.3 Å². The standard InChI is InChI=1S/C12H16.C2H6/c1-2-4-8-12-10-6-5-9-11(12)7-3-1;1-2/h5-6,9-10H,1-4,7-8H2;1-2H3. The van der Waals surface area contributed by atoms with Crippen LogP contribution in [0.25, 0.3) is 0 Å². The van der Waals surface area contributed by atoms with Crippen molar-refractivity contribution in [1.82, 2.24) is 0 Å². The third-order valence-electron chi connectivity index (χ3n) is 2.76. The average molecular weight is 190 g/mol. The molecule has 1 aliphatic rings. The van der Waals surface area contributed by atoms with Gasteiger partial charge < -0.3 is 0 Å². The van der Waals surface area contributed by atoms with Crippen LogP contribution in [0.4, 0.5) is 0 Å². The Morgan fingerprint density at radius 3 is 1.57 bits per heavy atom. The Hall–Kier alpha value is -0.780. The van der Waals surface area contributed by atoms with E-state index in [1.165, 1.54) is 38.5 Å². The zero-order valence-corrected chi connectivity index (χ0v) is 9.55. The summed E-state index contributed by atoms with van der Waals surface area (Å²) < 4.78 is 0. The molecule has 0 nitrogen and oxygen atoms in total. The molecule has 1 aliphatic carbocycles. The van der Waals surface area contributed by atoms with E-state index >= 15 is 0 Å². The van der Waals surface area contributed by atoms with Crippen LogP contribution in [0.3, 0.4) is 0 Å². The molecule has 0 atom stereocenters. The van der Waals surface area contributed by atoms with Crippen LogP contribution in [0.2, 0.25) is 0 Å². The lowest BCUT2D eigenvalue weighted by molar-refractivity contribution is 0.617. The van der Waals surface area contributed by atoms with E-state index in [-0.39, 0.29) is 0 Å². The quantitative estimate of drug-likeness (QED) is 0.570. The van der Waals surface area contributed by atoms with Crippen molar-refractivity contribution >= 4 is 0 Å². The van der Waals surface area contributed by atoms with E-state index in [1.54, 1.807) is 11.1 Å². The van der Waals surface area contributed by atoms with Gasteiger partial charge in [-0.15, -0.1) is 0 Å². The fourth-order valence-electron chi connectivity index (χ4n) is 2.03. The second-order valence-corrected chi connectivity index (χ2v) is 3.68. The molecule has 2 rings (SSSR count). The first-order valence-electron chi connectivity index (χ1n) is 6.03. The van der Waals surface area contributed by atoms with E-state index in [1.807, 2.05) is 13.8 Å². The van der Waals surface area contributed by atoms with Gasteiger partial charge in [-0.3, -0.25) is 0 Å². The Morgan fingerprint density at radius 1 is 0.714 bits per heavy atom. The van der Waals surface area contributed by atoms with Gasteiger partial charge in [0, 0.05) is 0 Å². The van der Waals surface area contributed by atoms with Gasteiger partial charge in [0.1, 0.15) is 0 Å². The second kappa shape index (κ2) is 6.64. The highest BCUT2D eigenvalue weighted by molar-refractivity contribution is 5.27. The number of aryl methyl sites for hydroxylation is 2. The lowest BCUT2D eigenvalue weighted by Crippen LogP contribution is -1.98. The maximum absolute atomic E-state index is 2.29. The number of hydrogen-bond acceptors (Lipinski definition) is 0. The zero-order chi connectivity index (χ0) is 10.2. The third kappa shape index (κ3) is 3.17. The van der Waals surface area contributed by atoms with Gasteiger partial charge >= 0.3 is 0 Å². The van der Waals surface area contributed by atoms with Crippen LogP contribution in [0.1, 0.15) is 50.7 Å². The summed E-state index contributed by atoms with van der Waals surface area (Å²) in [6.07, 6.45) is 8.23. The maximum Gasteiger partial charge on any atom is -0.0276 e. The minimum absolute atomic E-state index is 1.30. The smallest absolute Gasteiger partial charge is 0.0276 e. The molecule has 0 heterocycles. The molecule has 1 aromatic carbocycles. The van der Waals surface area contributed by atoms with Crippen molar-refractivity contribution in [2.75, 3.05) is 0 Å². The van der Waals surface area contributed by atoms with E-state index in [0.29, 0.717) is 0 Å². The normalized spacial score (nSPS) is 15.6. The summed E-state index contributed by atoms with van der Waals surface area (Å²) in [4.78, 5) is 0. The van der Waals surface area contributed by atoms with Crippen molar-refractivity contribution in [2.24, 2.45) is 0 Å². The van der Waals surface area contributed by atoms with Crippen molar-refractivity contribution in [3.8, 4) is 0 Å². The number of hydrogen-bond donors (Lipinski definition) is 0. The summed E-state index contributed by atoms with van der Waals surface area (Å²) >= 11 is 0. The lowest BCUT2D eigenvalue weighted by Gasteiger charge is -2.12. The molecule has 0 aliphatic heterocycles. The van der Waals surface area contributed by atoms with Gasteiger partial charge in [-0.2, -0.15) is 0 Å². The Bertz CT molecular complexity index is 223. The number of rotatable bonds is 0. The predicted octanol–water partition coefficient (Wildman–Crippen LogP) is 4.37. The van der Waals surface area contributed by atoms with Crippen LogP contribution < -0.4 is 0 Å². The highest BCUT2D eigenvalue weighted by Crippen LogP contribution is 2.19. The van der Waals surface area contributed by atoms with Crippen LogP contribution >= 0.6 is 0 Å². The van der Waals surface area contributed by atoms with Crippen LogP contribution in [0, 0.1) is 0 Å². The molecule has 0 unspecified atom stereocenters. The van der Waals surface area contributed by atoms with Crippen LogP contribution in [-0.2, 0) is 12.8 Å². The molecule has 0 aromatic heterocycles. The molecule has 0 fully saturated rings. The summed E-state index contributed by atoms with van der Waals surface area (Å²) in [6.45, 7) is 4.00. The summed E-state index contributed by atoms with van der Waals surface area (Å²) in [5.74, 6) is 0. The zero-order valence-electron chi connectivity index (χ0n) is 9.55. The molecule has 0 spiro atoms. The van der Waals surface area contributed by atoms with Gasteiger partial charge in [0.15, 0.2) is 0 Å². The molecular formula is C14H22. The minimum Gasteiger partial charge on any atom is -0.0683 e. The van der Waals surface area contributed by atoms with Crippen LogP contribution in [0.15, 0.2) is 24.3 Å². The fourth-order valence-corrected chi connectivity index (χ4v) is 2.03. The largest absolute Gasteiger partial charge is 0.0683 e. The first-order valence-corrected chi connectivity index (χ1v) is 6.03. The molecule has 14 heavy (non-hydrogen) atoms. The first kappa shape index (κ1) is 11.3. The van der Waals surface area contributed by atoms with Gasteiger partial charge in [0.25, 0.3) is 0 Å². The predicted molar refractivity (Wildman–Crippen MR) is 63.7 cm³/mol. The van der Waals surface area contributed by atoms with Gasteiger partial charge in [0.05, 0.1) is 0 Å². The molecule has 0 radical (unpaired) electrons. The van der Waals surface area contributed by atoms with Crippen molar-refractivity contribution in [1.29, 1.82) is 0 Å². The molecule has 0 bridgehead atoms. The summed E-state index contributed by atoms with van der Waals surface area (Å²) in [7, 11) is 0. The van der Waals surface area contributed by atoms with Crippen LogP contribution in [-0.4, -0.2) is 0 Å². The first-order chi connectivity index (χ1) is 6.97. The highest BCUT2D eigenvalue weighted by atomic mass is 14.1. The molecule has 0 amide bonds. The summed E-state index contributed by atoms with van der Waals surface area (Å²) in [5, 5.41) is 0. The average Bonchev–Trinajstić information content (AvgIpc) is 2.22. The van der Waals surface area contributed by atoms with Crippen LogP contribution in [0.5, 0.6) is 0 Å². The van der Waals surface area contributed by atoms with Gasteiger partial charge in [-0.05, 0) is 36.8 Å². The van der Waals surface area contributed by atoms with Crippen molar-refractivity contribution in [2.45, 2.75) is 52.4 Å². The molecule has 0 saturated carbocycles. The lowest BCUT2D eigenvalue weighted by atomic mass is 9.94. The van der Waals surface area contributed by atoms with Gasteiger partial charge in [-0.1, -0.05) is 51.0 Å². The Morgan fingerprint density at radius 2 is 1.14 bits per heavy atom.